The molecule has 1 aliphatic rings. The average Bonchev–Trinajstić information content (AvgIpc) is 2.90. The normalized spacial score (nSPS) is 21.0. The lowest BCUT2D eigenvalue weighted by Gasteiger charge is -2.21. The minimum Gasteiger partial charge on any atom is -0.364 e. The number of benzene rings is 1. The van der Waals surface area contributed by atoms with Crippen LogP contribution in [0.15, 0.2) is 22.7 Å². The van der Waals surface area contributed by atoms with E-state index in [0.29, 0.717) is 18.5 Å². The molecular weight excluding hydrogens is 363 g/mol. The Kier molecular flexibility index (Phi) is 7.06. The van der Waals surface area contributed by atoms with Gasteiger partial charge < -0.3 is 15.4 Å². The largest absolute Gasteiger partial charge is 0.364 e. The Hall–Kier alpha value is -0.690. The number of rotatable bonds is 4. The molecule has 1 heterocycles. The van der Waals surface area contributed by atoms with Crippen LogP contribution in [0.25, 0.3) is 0 Å². The molecule has 0 aliphatic carbocycles. The molecule has 7 heteroatoms. The number of ether oxygens (including phenoxy) is 1. The average molecular weight is 382 g/mol. The second kappa shape index (κ2) is 8.08. The lowest BCUT2D eigenvalue weighted by molar-refractivity contribution is -0.141. The molecule has 2 atom stereocenters. The van der Waals surface area contributed by atoms with Crippen molar-refractivity contribution in [1.82, 2.24) is 4.90 Å². The van der Waals surface area contributed by atoms with E-state index in [1.54, 1.807) is 19.2 Å². The number of nitrogens with zero attached hydrogens (tertiary/aromatic N) is 1. The van der Waals surface area contributed by atoms with Crippen LogP contribution in [0.3, 0.4) is 0 Å². The van der Waals surface area contributed by atoms with Gasteiger partial charge in [-0.15, -0.1) is 12.4 Å². The maximum absolute atomic E-state index is 13.7. The summed E-state index contributed by atoms with van der Waals surface area (Å²) in [5.74, 6) is -0.444. The third kappa shape index (κ3) is 4.64. The molecule has 2 N–H and O–H groups in total. The third-order valence-corrected chi connectivity index (χ3v) is 3.93. The number of carbonyl (C=O) groups excluding carboxylic acids is 1. The number of likely N-dealkylation sites (N-methyl/N-ethyl adjacent to an activating group) is 1. The van der Waals surface area contributed by atoms with E-state index in [-0.39, 0.29) is 36.8 Å². The Morgan fingerprint density at radius 3 is 2.86 bits per heavy atom. The zero-order valence-corrected chi connectivity index (χ0v) is 14.1. The van der Waals surface area contributed by atoms with E-state index in [0.717, 1.165) is 10.9 Å². The number of hydrogen-bond donors (Lipinski definition) is 1. The zero-order chi connectivity index (χ0) is 14.7. The van der Waals surface area contributed by atoms with Crippen molar-refractivity contribution in [2.24, 2.45) is 5.73 Å². The van der Waals surface area contributed by atoms with Gasteiger partial charge >= 0.3 is 0 Å². The van der Waals surface area contributed by atoms with E-state index >= 15 is 0 Å². The molecule has 0 spiro atoms. The second-order valence-electron chi connectivity index (χ2n) is 4.99. The topological polar surface area (TPSA) is 55.6 Å². The first-order valence-electron chi connectivity index (χ1n) is 6.55. The summed E-state index contributed by atoms with van der Waals surface area (Å²) < 4.78 is 20.0. The summed E-state index contributed by atoms with van der Waals surface area (Å²) >= 11 is 3.30. The van der Waals surface area contributed by atoms with Crippen LogP contribution in [-0.4, -0.2) is 36.6 Å². The molecule has 0 radical (unpaired) electrons. The Balaban J connectivity index is 0.00000220. The first-order valence-corrected chi connectivity index (χ1v) is 7.35. The van der Waals surface area contributed by atoms with Gasteiger partial charge in [-0.25, -0.2) is 4.39 Å². The van der Waals surface area contributed by atoms with Crippen LogP contribution in [0.4, 0.5) is 4.39 Å². The van der Waals surface area contributed by atoms with Crippen LogP contribution in [0.5, 0.6) is 0 Å². The Labute approximate surface area is 138 Å². The van der Waals surface area contributed by atoms with Crippen molar-refractivity contribution in [3.63, 3.8) is 0 Å². The van der Waals surface area contributed by atoms with E-state index in [9.17, 15) is 9.18 Å². The predicted molar refractivity (Wildman–Crippen MR) is 84.8 cm³/mol. The van der Waals surface area contributed by atoms with Crippen LogP contribution in [0.2, 0.25) is 0 Å². The van der Waals surface area contributed by atoms with E-state index in [4.69, 9.17) is 10.5 Å². The molecule has 1 aromatic carbocycles. The van der Waals surface area contributed by atoms with Crippen LogP contribution in [0, 0.1) is 5.82 Å². The van der Waals surface area contributed by atoms with Crippen LogP contribution < -0.4 is 5.73 Å². The molecule has 1 fully saturated rings. The minimum atomic E-state index is -0.455. The fraction of sp³-hybridized carbons (Fsp3) is 0.500. The van der Waals surface area contributed by atoms with Gasteiger partial charge in [-0.1, -0.05) is 15.9 Å². The van der Waals surface area contributed by atoms with Crippen molar-refractivity contribution < 1.29 is 13.9 Å². The molecule has 1 amide bonds. The summed E-state index contributed by atoms with van der Waals surface area (Å²) in [6.07, 6.45) is 0.974. The SMILES string of the molecule is CN(Cc1cc(Br)ccc1F)C(=O)[C@@H]1CC[C@H](CN)O1.Cl. The van der Waals surface area contributed by atoms with Gasteiger partial charge in [-0.3, -0.25) is 4.79 Å². The van der Waals surface area contributed by atoms with Gasteiger partial charge in [0.05, 0.1) is 6.10 Å². The molecule has 1 saturated heterocycles. The number of amides is 1. The van der Waals surface area contributed by atoms with Gasteiger partial charge in [-0.05, 0) is 31.0 Å². The van der Waals surface area contributed by atoms with Crippen LogP contribution in [0.1, 0.15) is 18.4 Å². The van der Waals surface area contributed by atoms with Gasteiger partial charge in [0.2, 0.25) is 0 Å². The number of halogens is 3. The highest BCUT2D eigenvalue weighted by Gasteiger charge is 2.31. The Bertz CT molecular complexity index is 504. The van der Waals surface area contributed by atoms with Crippen molar-refractivity contribution in [3.05, 3.63) is 34.1 Å². The Morgan fingerprint density at radius 1 is 1.52 bits per heavy atom. The smallest absolute Gasteiger partial charge is 0.251 e. The molecule has 0 bridgehead atoms. The summed E-state index contributed by atoms with van der Waals surface area (Å²) in [5, 5.41) is 0. The molecule has 118 valence electrons. The molecule has 0 aromatic heterocycles. The molecule has 1 aromatic rings. The van der Waals surface area contributed by atoms with Gasteiger partial charge in [0.25, 0.3) is 5.91 Å². The highest BCUT2D eigenvalue weighted by atomic mass is 79.9. The van der Waals surface area contributed by atoms with Gasteiger partial charge in [0, 0.05) is 30.2 Å². The van der Waals surface area contributed by atoms with Gasteiger partial charge in [0.1, 0.15) is 11.9 Å². The zero-order valence-electron chi connectivity index (χ0n) is 11.7. The van der Waals surface area contributed by atoms with E-state index in [1.165, 1.54) is 11.0 Å². The molecule has 0 saturated carbocycles. The first-order chi connectivity index (χ1) is 9.51. The van der Waals surface area contributed by atoms with E-state index in [1.807, 2.05) is 0 Å². The molecular formula is C14H19BrClFN2O2. The highest BCUT2D eigenvalue weighted by molar-refractivity contribution is 9.10. The Morgan fingerprint density at radius 2 is 2.24 bits per heavy atom. The van der Waals surface area contributed by atoms with Crippen LogP contribution >= 0.6 is 28.3 Å². The monoisotopic (exact) mass is 380 g/mol. The van der Waals surface area contributed by atoms with Crippen molar-refractivity contribution in [1.29, 1.82) is 0 Å². The van der Waals surface area contributed by atoms with Gasteiger partial charge in [-0.2, -0.15) is 0 Å². The van der Waals surface area contributed by atoms with Crippen molar-refractivity contribution in [2.75, 3.05) is 13.6 Å². The first kappa shape index (κ1) is 18.4. The summed E-state index contributed by atoms with van der Waals surface area (Å²) in [4.78, 5) is 13.7. The highest BCUT2D eigenvalue weighted by Crippen LogP contribution is 2.22. The maximum Gasteiger partial charge on any atom is 0.251 e. The van der Waals surface area contributed by atoms with Crippen molar-refractivity contribution in [3.8, 4) is 0 Å². The maximum atomic E-state index is 13.7. The van der Waals surface area contributed by atoms with Crippen LogP contribution in [-0.2, 0) is 16.1 Å². The fourth-order valence-corrected chi connectivity index (χ4v) is 2.71. The summed E-state index contributed by atoms with van der Waals surface area (Å²) in [6, 6.07) is 4.69. The number of hydrogen-bond acceptors (Lipinski definition) is 3. The molecule has 0 unspecified atom stereocenters. The van der Waals surface area contributed by atoms with E-state index in [2.05, 4.69) is 15.9 Å². The predicted octanol–water partition coefficient (Wildman–Crippen LogP) is 2.47. The van der Waals surface area contributed by atoms with E-state index < -0.39 is 6.10 Å². The molecule has 4 nitrogen and oxygen atoms in total. The fourth-order valence-electron chi connectivity index (χ4n) is 2.30. The van der Waals surface area contributed by atoms with Gasteiger partial charge in [0.15, 0.2) is 0 Å². The molecule has 2 rings (SSSR count). The molecule has 1 aliphatic heterocycles. The summed E-state index contributed by atoms with van der Waals surface area (Å²) in [7, 11) is 1.65. The van der Waals surface area contributed by atoms with Crippen molar-refractivity contribution >= 4 is 34.2 Å². The molecule has 21 heavy (non-hydrogen) atoms. The summed E-state index contributed by atoms with van der Waals surface area (Å²) in [5.41, 5.74) is 6.00. The number of nitrogens with two attached hydrogens (primary N) is 1. The standard InChI is InChI=1S/C14H18BrFN2O2.ClH/c1-18(8-9-6-10(15)2-4-12(9)16)14(19)13-5-3-11(7-17)20-13;/h2,4,6,11,13H,3,5,7-8,17H2,1H3;1H/t11-,13+;/m1./s1. The lowest BCUT2D eigenvalue weighted by atomic mass is 10.1. The minimum absolute atomic E-state index is 0. The lowest BCUT2D eigenvalue weighted by Crippen LogP contribution is -2.36. The third-order valence-electron chi connectivity index (χ3n) is 3.44. The second-order valence-corrected chi connectivity index (χ2v) is 5.91. The number of carbonyl (C=O) groups is 1. The summed E-state index contributed by atoms with van der Waals surface area (Å²) in [6.45, 7) is 0.644. The van der Waals surface area contributed by atoms with Crippen molar-refractivity contribution in [2.45, 2.75) is 31.6 Å². The quantitative estimate of drug-likeness (QED) is 0.872.